The molecule has 0 radical (unpaired) electrons. The highest BCUT2D eigenvalue weighted by atomic mass is 32.2. The molecule has 1 saturated carbocycles. The van der Waals surface area contributed by atoms with Crippen LogP contribution < -0.4 is 5.32 Å². The van der Waals surface area contributed by atoms with Gasteiger partial charge < -0.3 is 5.32 Å². The molecular weight excluding hydrogens is 414 g/mol. The van der Waals surface area contributed by atoms with Crippen LogP contribution in [0.3, 0.4) is 0 Å². The van der Waals surface area contributed by atoms with Gasteiger partial charge in [0.1, 0.15) is 0 Å². The van der Waals surface area contributed by atoms with Gasteiger partial charge in [0.15, 0.2) is 0 Å². The molecule has 0 spiro atoms. The third-order valence-corrected chi connectivity index (χ3v) is 7.56. The Hall–Kier alpha value is -2.19. The Labute approximate surface area is 185 Å². The van der Waals surface area contributed by atoms with Gasteiger partial charge >= 0.3 is 0 Å². The van der Waals surface area contributed by atoms with Gasteiger partial charge in [0.05, 0.1) is 17.3 Å². The number of amides is 1. The molecule has 3 unspecified atom stereocenters. The number of benzene rings is 1. The van der Waals surface area contributed by atoms with Gasteiger partial charge in [0, 0.05) is 4.88 Å². The number of tetrazole rings is 1. The van der Waals surface area contributed by atoms with Crippen LogP contribution in [0.5, 0.6) is 0 Å². The van der Waals surface area contributed by atoms with Crippen LogP contribution in [0.4, 0.5) is 0 Å². The summed E-state index contributed by atoms with van der Waals surface area (Å²) in [7, 11) is 0. The first kappa shape index (κ1) is 21.1. The normalized spacial score (nSPS) is 16.8. The smallest absolute Gasteiger partial charge is 0.234 e. The Morgan fingerprint density at radius 1 is 1.23 bits per heavy atom. The van der Waals surface area contributed by atoms with Crippen LogP contribution in [-0.2, 0) is 4.79 Å². The van der Waals surface area contributed by atoms with Gasteiger partial charge in [-0.1, -0.05) is 55.9 Å². The predicted molar refractivity (Wildman–Crippen MR) is 121 cm³/mol. The average Bonchev–Trinajstić information content (AvgIpc) is 3.25. The lowest BCUT2D eigenvalue weighted by atomic mass is 9.95. The molecule has 1 N–H and O–H groups in total. The Morgan fingerprint density at radius 2 is 1.97 bits per heavy atom. The fourth-order valence-corrected chi connectivity index (χ4v) is 4.98. The molecule has 30 heavy (non-hydrogen) atoms. The van der Waals surface area contributed by atoms with E-state index >= 15 is 0 Å². The van der Waals surface area contributed by atoms with Crippen LogP contribution in [0.2, 0.25) is 0 Å². The van der Waals surface area contributed by atoms with E-state index in [0.717, 1.165) is 29.7 Å². The molecule has 1 aromatic carbocycles. The maximum Gasteiger partial charge on any atom is 0.234 e. The highest BCUT2D eigenvalue weighted by Gasteiger charge is 2.30. The molecule has 6 nitrogen and oxygen atoms in total. The Morgan fingerprint density at radius 3 is 2.60 bits per heavy atom. The monoisotopic (exact) mass is 441 g/mol. The van der Waals surface area contributed by atoms with E-state index in [0.29, 0.717) is 17.1 Å². The maximum atomic E-state index is 13.1. The molecule has 0 saturated heterocycles. The number of rotatable bonds is 9. The summed E-state index contributed by atoms with van der Waals surface area (Å²) < 4.78 is 1.85. The fourth-order valence-electron chi connectivity index (χ4n) is 3.31. The van der Waals surface area contributed by atoms with Gasteiger partial charge in [-0.05, 0) is 65.1 Å². The van der Waals surface area contributed by atoms with E-state index < -0.39 is 0 Å². The lowest BCUT2D eigenvalue weighted by molar-refractivity contribution is -0.120. The molecule has 0 aliphatic heterocycles. The number of nitrogens with zero attached hydrogens (tertiary/aromatic N) is 4. The molecule has 4 rings (SSSR count). The lowest BCUT2D eigenvalue weighted by Gasteiger charge is -2.21. The van der Waals surface area contributed by atoms with Crippen molar-refractivity contribution in [3.05, 3.63) is 57.8 Å². The van der Waals surface area contributed by atoms with Gasteiger partial charge in [0.2, 0.25) is 11.1 Å². The number of thiophene rings is 1. The van der Waals surface area contributed by atoms with Gasteiger partial charge in [-0.2, -0.15) is 0 Å². The van der Waals surface area contributed by atoms with E-state index in [1.54, 1.807) is 11.3 Å². The molecule has 2 heterocycles. The summed E-state index contributed by atoms with van der Waals surface area (Å²) in [6.07, 6.45) is 3.32. The number of carbonyl (C=O) groups excluding carboxylic acids is 1. The summed E-state index contributed by atoms with van der Waals surface area (Å²) in [5.74, 6) is 0.512. The topological polar surface area (TPSA) is 72.7 Å². The lowest BCUT2D eigenvalue weighted by Crippen LogP contribution is -2.34. The van der Waals surface area contributed by atoms with E-state index in [1.807, 2.05) is 23.1 Å². The van der Waals surface area contributed by atoms with Crippen LogP contribution in [0.25, 0.3) is 0 Å². The van der Waals surface area contributed by atoms with Crippen molar-refractivity contribution in [1.29, 1.82) is 0 Å². The Kier molecular flexibility index (Phi) is 6.53. The zero-order chi connectivity index (χ0) is 21.1. The maximum absolute atomic E-state index is 13.1. The van der Waals surface area contributed by atoms with Crippen molar-refractivity contribution < 1.29 is 4.79 Å². The molecule has 1 aliphatic rings. The van der Waals surface area contributed by atoms with Crippen LogP contribution >= 0.6 is 23.1 Å². The number of nitrogens with one attached hydrogen (secondary N) is 1. The second-order valence-electron chi connectivity index (χ2n) is 7.83. The minimum Gasteiger partial charge on any atom is -0.343 e. The molecule has 2 aromatic heterocycles. The van der Waals surface area contributed by atoms with Gasteiger partial charge in [-0.25, -0.2) is 4.68 Å². The van der Waals surface area contributed by atoms with Gasteiger partial charge in [-0.15, -0.1) is 16.4 Å². The molecule has 0 bridgehead atoms. The van der Waals surface area contributed by atoms with Crippen LogP contribution in [-0.4, -0.2) is 31.4 Å². The van der Waals surface area contributed by atoms with Crippen LogP contribution in [0.15, 0.2) is 46.9 Å². The van der Waals surface area contributed by atoms with E-state index in [-0.39, 0.29) is 17.2 Å². The van der Waals surface area contributed by atoms with E-state index in [2.05, 4.69) is 65.0 Å². The van der Waals surface area contributed by atoms with Crippen molar-refractivity contribution in [1.82, 2.24) is 25.5 Å². The number of aromatic nitrogens is 4. The van der Waals surface area contributed by atoms with Crippen molar-refractivity contribution >= 4 is 29.0 Å². The van der Waals surface area contributed by atoms with E-state index in [9.17, 15) is 4.79 Å². The molecule has 3 atom stereocenters. The molecule has 1 aliphatic carbocycles. The zero-order valence-corrected chi connectivity index (χ0v) is 19.1. The molecule has 3 aromatic rings. The van der Waals surface area contributed by atoms with Crippen molar-refractivity contribution in [2.75, 3.05) is 0 Å². The molecule has 1 fully saturated rings. The highest BCUT2D eigenvalue weighted by Crippen LogP contribution is 2.37. The standard InChI is InChI=1S/C22H27N5OS2/c1-4-14(2)16-7-9-17(10-8-16)20(19-6-5-13-29-19)23-21(28)15(3)30-22-24-25-26-27(22)18-11-12-18/h5-10,13-15,18,20H,4,11-12H2,1-3H3,(H,23,28). The third-order valence-electron chi connectivity index (χ3n) is 5.57. The second-order valence-corrected chi connectivity index (χ2v) is 10.1. The minimum absolute atomic E-state index is 0.0188. The van der Waals surface area contributed by atoms with E-state index in [1.165, 1.54) is 17.3 Å². The highest BCUT2D eigenvalue weighted by molar-refractivity contribution is 8.00. The van der Waals surface area contributed by atoms with Gasteiger partial charge in [0.25, 0.3) is 0 Å². The van der Waals surface area contributed by atoms with E-state index in [4.69, 9.17) is 0 Å². The van der Waals surface area contributed by atoms with Crippen LogP contribution in [0, 0.1) is 0 Å². The molecule has 8 heteroatoms. The van der Waals surface area contributed by atoms with Crippen molar-refractivity contribution in [3.63, 3.8) is 0 Å². The van der Waals surface area contributed by atoms with Crippen molar-refractivity contribution in [2.45, 2.75) is 68.4 Å². The summed E-state index contributed by atoms with van der Waals surface area (Å²) in [6, 6.07) is 13.0. The van der Waals surface area contributed by atoms with Crippen molar-refractivity contribution in [2.24, 2.45) is 0 Å². The third kappa shape index (κ3) is 4.75. The number of carbonyl (C=O) groups is 1. The summed E-state index contributed by atoms with van der Waals surface area (Å²) in [5.41, 5.74) is 2.42. The quantitative estimate of drug-likeness (QED) is 0.475. The zero-order valence-electron chi connectivity index (χ0n) is 17.5. The Balaban J connectivity index is 1.49. The molecule has 158 valence electrons. The predicted octanol–water partition coefficient (Wildman–Crippen LogP) is 4.97. The summed E-state index contributed by atoms with van der Waals surface area (Å²) in [4.78, 5) is 14.2. The number of thioether (sulfide) groups is 1. The second kappa shape index (κ2) is 9.31. The molecular formula is C22H27N5OS2. The first-order valence-electron chi connectivity index (χ1n) is 10.4. The number of hydrogen-bond donors (Lipinski definition) is 1. The summed E-state index contributed by atoms with van der Waals surface area (Å²) in [5, 5.41) is 17.7. The number of hydrogen-bond acceptors (Lipinski definition) is 6. The fraction of sp³-hybridized carbons (Fsp3) is 0.455. The minimum atomic E-state index is -0.296. The summed E-state index contributed by atoms with van der Waals surface area (Å²) >= 11 is 3.07. The SMILES string of the molecule is CCC(C)c1ccc(C(NC(=O)C(C)Sc2nnnn2C2CC2)c2cccs2)cc1. The molecule has 1 amide bonds. The Bertz CT molecular complexity index is 966. The van der Waals surface area contributed by atoms with Crippen molar-refractivity contribution in [3.8, 4) is 0 Å². The first-order valence-corrected chi connectivity index (χ1v) is 12.2. The summed E-state index contributed by atoms with van der Waals surface area (Å²) in [6.45, 7) is 6.34. The first-order chi connectivity index (χ1) is 14.6. The largest absolute Gasteiger partial charge is 0.343 e. The van der Waals surface area contributed by atoms with Crippen LogP contribution in [0.1, 0.15) is 74.0 Å². The average molecular weight is 442 g/mol. The van der Waals surface area contributed by atoms with Gasteiger partial charge in [-0.3, -0.25) is 4.79 Å².